The number of likely N-dealkylation sites (N-methyl/N-ethyl adjacent to an activating group) is 1. The van der Waals surface area contributed by atoms with Crippen molar-refractivity contribution in [1.29, 1.82) is 0 Å². The largest absolute Gasteiger partial charge is 0.359 e. The third-order valence-electron chi connectivity index (χ3n) is 3.11. The molecular formula is C16H13Cl2FN2O2. The molecule has 0 aliphatic heterocycles. The van der Waals surface area contributed by atoms with Gasteiger partial charge in [0.2, 0.25) is 5.91 Å². The fraction of sp³-hybridized carbons (Fsp3) is 0.125. The Labute approximate surface area is 142 Å². The third kappa shape index (κ3) is 4.43. The second-order valence-corrected chi connectivity index (χ2v) is 5.56. The zero-order valence-corrected chi connectivity index (χ0v) is 13.6. The van der Waals surface area contributed by atoms with Gasteiger partial charge in [-0.05, 0) is 29.8 Å². The van der Waals surface area contributed by atoms with E-state index >= 15 is 0 Å². The van der Waals surface area contributed by atoms with Crippen molar-refractivity contribution in [2.24, 2.45) is 0 Å². The topological polar surface area (TPSA) is 58.2 Å². The van der Waals surface area contributed by atoms with E-state index in [2.05, 4.69) is 10.6 Å². The Bertz CT molecular complexity index is 748. The Morgan fingerprint density at radius 3 is 2.35 bits per heavy atom. The van der Waals surface area contributed by atoms with E-state index in [0.29, 0.717) is 5.69 Å². The van der Waals surface area contributed by atoms with Crippen LogP contribution in [0.5, 0.6) is 0 Å². The summed E-state index contributed by atoms with van der Waals surface area (Å²) < 4.78 is 13.5. The molecule has 0 spiro atoms. The van der Waals surface area contributed by atoms with E-state index in [1.165, 1.54) is 6.07 Å². The molecule has 0 heterocycles. The van der Waals surface area contributed by atoms with Crippen LogP contribution in [0.1, 0.15) is 15.9 Å². The van der Waals surface area contributed by atoms with Crippen LogP contribution in [0.4, 0.5) is 10.1 Å². The molecule has 2 amide bonds. The van der Waals surface area contributed by atoms with Gasteiger partial charge in [0.15, 0.2) is 0 Å². The number of nitrogens with one attached hydrogen (secondary N) is 2. The summed E-state index contributed by atoms with van der Waals surface area (Å²) in [6, 6.07) is 8.90. The summed E-state index contributed by atoms with van der Waals surface area (Å²) in [4.78, 5) is 23.4. The summed E-state index contributed by atoms with van der Waals surface area (Å²) in [5.41, 5.74) is 1.29. The zero-order chi connectivity index (χ0) is 17.0. The molecule has 0 aliphatic rings. The minimum absolute atomic E-state index is 0.0111. The number of hydrogen-bond donors (Lipinski definition) is 2. The van der Waals surface area contributed by atoms with Gasteiger partial charge in [0, 0.05) is 12.7 Å². The molecule has 0 fully saturated rings. The number of carbonyl (C=O) groups is 2. The molecule has 2 aromatic rings. The molecule has 2 aromatic carbocycles. The van der Waals surface area contributed by atoms with Crippen LogP contribution in [0.15, 0.2) is 36.4 Å². The van der Waals surface area contributed by atoms with Crippen molar-refractivity contribution < 1.29 is 14.0 Å². The standard InChI is InChI=1S/C16H13Cl2FN2O2/c1-20-15(22)6-9-2-4-10(5-3-9)21-16(23)11-7-14(19)13(18)8-12(11)17/h2-5,7-8H,6H2,1H3,(H,20,22)(H,21,23). The zero-order valence-electron chi connectivity index (χ0n) is 12.1. The second-order valence-electron chi connectivity index (χ2n) is 4.75. The number of anilines is 1. The van der Waals surface area contributed by atoms with Crippen LogP contribution in [0, 0.1) is 5.82 Å². The Morgan fingerprint density at radius 2 is 1.74 bits per heavy atom. The van der Waals surface area contributed by atoms with E-state index in [9.17, 15) is 14.0 Å². The molecule has 23 heavy (non-hydrogen) atoms. The van der Waals surface area contributed by atoms with Crippen LogP contribution >= 0.6 is 23.2 Å². The number of hydrogen-bond acceptors (Lipinski definition) is 2. The maximum Gasteiger partial charge on any atom is 0.257 e. The van der Waals surface area contributed by atoms with Gasteiger partial charge in [0.1, 0.15) is 5.82 Å². The van der Waals surface area contributed by atoms with Gasteiger partial charge >= 0.3 is 0 Å². The smallest absolute Gasteiger partial charge is 0.257 e. The van der Waals surface area contributed by atoms with Crippen molar-refractivity contribution >= 4 is 40.7 Å². The lowest BCUT2D eigenvalue weighted by Crippen LogP contribution is -2.19. The van der Waals surface area contributed by atoms with Crippen molar-refractivity contribution in [1.82, 2.24) is 5.32 Å². The molecule has 0 radical (unpaired) electrons. The minimum Gasteiger partial charge on any atom is -0.359 e. The molecule has 4 nitrogen and oxygen atoms in total. The number of amides is 2. The third-order valence-corrected chi connectivity index (χ3v) is 3.71. The molecule has 0 aliphatic carbocycles. The first kappa shape index (κ1) is 17.2. The molecular weight excluding hydrogens is 342 g/mol. The molecule has 0 saturated carbocycles. The van der Waals surface area contributed by atoms with Crippen LogP contribution in [0.3, 0.4) is 0 Å². The normalized spacial score (nSPS) is 10.3. The summed E-state index contributed by atoms with van der Waals surface area (Å²) >= 11 is 11.5. The number of halogens is 3. The monoisotopic (exact) mass is 354 g/mol. The number of benzene rings is 2. The van der Waals surface area contributed by atoms with Gasteiger partial charge in [-0.25, -0.2) is 4.39 Å². The van der Waals surface area contributed by atoms with Gasteiger partial charge in [0.05, 0.1) is 22.0 Å². The Kier molecular flexibility index (Phi) is 5.58. The molecule has 0 atom stereocenters. The van der Waals surface area contributed by atoms with Crippen molar-refractivity contribution in [2.75, 3.05) is 12.4 Å². The van der Waals surface area contributed by atoms with Crippen molar-refractivity contribution in [3.63, 3.8) is 0 Å². The van der Waals surface area contributed by atoms with Crippen LogP contribution in [0.25, 0.3) is 0 Å². The maximum absolute atomic E-state index is 13.5. The summed E-state index contributed by atoms with van der Waals surface area (Å²) in [5.74, 6) is -1.38. The van der Waals surface area contributed by atoms with Crippen LogP contribution in [0.2, 0.25) is 10.0 Å². The lowest BCUT2D eigenvalue weighted by molar-refractivity contribution is -0.119. The first-order valence-corrected chi connectivity index (χ1v) is 7.41. The number of carbonyl (C=O) groups excluding carboxylic acids is 2. The minimum atomic E-state index is -0.720. The molecule has 2 N–H and O–H groups in total. The second kappa shape index (κ2) is 7.44. The van der Waals surface area contributed by atoms with Crippen LogP contribution < -0.4 is 10.6 Å². The predicted octanol–water partition coefficient (Wildman–Crippen LogP) is 3.67. The Morgan fingerprint density at radius 1 is 1.09 bits per heavy atom. The molecule has 0 bridgehead atoms. The van der Waals surface area contributed by atoms with Crippen molar-refractivity contribution in [3.8, 4) is 0 Å². The fourth-order valence-electron chi connectivity index (χ4n) is 1.87. The van der Waals surface area contributed by atoms with E-state index in [1.54, 1.807) is 31.3 Å². The summed E-state index contributed by atoms with van der Waals surface area (Å²) in [7, 11) is 1.56. The quantitative estimate of drug-likeness (QED) is 0.823. The predicted molar refractivity (Wildman–Crippen MR) is 88.6 cm³/mol. The first-order valence-electron chi connectivity index (χ1n) is 6.66. The average Bonchev–Trinajstić information content (AvgIpc) is 2.52. The van der Waals surface area contributed by atoms with E-state index < -0.39 is 11.7 Å². The van der Waals surface area contributed by atoms with Gasteiger partial charge < -0.3 is 10.6 Å². The van der Waals surface area contributed by atoms with Crippen LogP contribution in [-0.2, 0) is 11.2 Å². The van der Waals surface area contributed by atoms with Gasteiger partial charge in [0.25, 0.3) is 5.91 Å². The highest BCUT2D eigenvalue weighted by Crippen LogP contribution is 2.25. The maximum atomic E-state index is 13.5. The fourth-order valence-corrected chi connectivity index (χ4v) is 2.34. The Hall–Kier alpha value is -2.11. The molecule has 2 rings (SSSR count). The lowest BCUT2D eigenvalue weighted by Gasteiger charge is -2.08. The van der Waals surface area contributed by atoms with E-state index in [4.69, 9.17) is 23.2 Å². The average molecular weight is 355 g/mol. The SMILES string of the molecule is CNC(=O)Cc1ccc(NC(=O)c2cc(F)c(Cl)cc2Cl)cc1. The van der Waals surface area contributed by atoms with E-state index in [-0.39, 0.29) is 27.9 Å². The van der Waals surface area contributed by atoms with Crippen molar-refractivity contribution in [2.45, 2.75) is 6.42 Å². The lowest BCUT2D eigenvalue weighted by atomic mass is 10.1. The highest BCUT2D eigenvalue weighted by molar-refractivity contribution is 6.37. The molecule has 0 aromatic heterocycles. The number of rotatable bonds is 4. The van der Waals surface area contributed by atoms with E-state index in [1.807, 2.05) is 0 Å². The van der Waals surface area contributed by atoms with Gasteiger partial charge in [-0.1, -0.05) is 35.3 Å². The first-order chi connectivity index (χ1) is 10.9. The highest BCUT2D eigenvalue weighted by Gasteiger charge is 2.14. The van der Waals surface area contributed by atoms with Gasteiger partial charge in [-0.15, -0.1) is 0 Å². The molecule has 120 valence electrons. The summed E-state index contributed by atoms with van der Waals surface area (Å²) in [6.07, 6.45) is 0.249. The van der Waals surface area contributed by atoms with E-state index in [0.717, 1.165) is 11.6 Å². The summed E-state index contributed by atoms with van der Waals surface area (Å²) in [5, 5.41) is 5.05. The molecule has 0 saturated heterocycles. The van der Waals surface area contributed by atoms with Crippen LogP contribution in [-0.4, -0.2) is 18.9 Å². The van der Waals surface area contributed by atoms with Gasteiger partial charge in [-0.2, -0.15) is 0 Å². The Balaban J connectivity index is 2.11. The summed E-state index contributed by atoms with van der Waals surface area (Å²) in [6.45, 7) is 0. The molecule has 7 heteroatoms. The van der Waals surface area contributed by atoms with Crippen molar-refractivity contribution in [3.05, 3.63) is 63.4 Å². The van der Waals surface area contributed by atoms with Gasteiger partial charge in [-0.3, -0.25) is 9.59 Å². The highest BCUT2D eigenvalue weighted by atomic mass is 35.5. The molecule has 0 unspecified atom stereocenters.